The van der Waals surface area contributed by atoms with E-state index in [4.69, 9.17) is 32.9 Å². The van der Waals surface area contributed by atoms with E-state index in [0.29, 0.717) is 10.2 Å². The predicted molar refractivity (Wildman–Crippen MR) is 85.0 cm³/mol. The van der Waals surface area contributed by atoms with E-state index in [2.05, 4.69) is 16.5 Å². The molecule has 114 valence electrons. The van der Waals surface area contributed by atoms with Crippen LogP contribution in [0.25, 0.3) is 11.2 Å². The van der Waals surface area contributed by atoms with Gasteiger partial charge in [0, 0.05) is 13.0 Å². The van der Waals surface area contributed by atoms with E-state index in [9.17, 15) is 0 Å². The fraction of sp³-hybridized carbons (Fsp3) is 0.600. The molecule has 1 aliphatic heterocycles. The molecule has 2 aromatic heterocycles. The molecule has 3 rings (SSSR count). The molecule has 1 atom stereocenters. The zero-order valence-electron chi connectivity index (χ0n) is 12.1. The lowest BCUT2D eigenvalue weighted by molar-refractivity contribution is -0.0313. The molecule has 0 aliphatic carbocycles. The molecule has 0 amide bonds. The van der Waals surface area contributed by atoms with Gasteiger partial charge in [-0.05, 0) is 31.7 Å². The van der Waals surface area contributed by atoms with Crippen molar-refractivity contribution >= 4 is 34.4 Å². The molecule has 0 saturated carbocycles. The summed E-state index contributed by atoms with van der Waals surface area (Å²) >= 11 is 12.4. The summed E-state index contributed by atoms with van der Waals surface area (Å²) in [6, 6.07) is 1.65. The third-order valence-corrected chi connectivity index (χ3v) is 4.32. The van der Waals surface area contributed by atoms with Crippen LogP contribution in [-0.2, 0) is 11.2 Å². The maximum atomic E-state index is 6.28. The lowest BCUT2D eigenvalue weighted by Crippen LogP contribution is -2.20. The van der Waals surface area contributed by atoms with Gasteiger partial charge in [0.15, 0.2) is 5.65 Å². The highest BCUT2D eigenvalue weighted by Crippen LogP contribution is 2.32. The second-order valence-electron chi connectivity index (χ2n) is 5.42. The van der Waals surface area contributed by atoms with Crippen LogP contribution in [0.5, 0.6) is 0 Å². The fourth-order valence-electron chi connectivity index (χ4n) is 2.78. The van der Waals surface area contributed by atoms with Crippen molar-refractivity contribution in [1.29, 1.82) is 0 Å². The highest BCUT2D eigenvalue weighted by Gasteiger charge is 2.24. The Hall–Kier alpha value is -0.840. The molecule has 0 bridgehead atoms. The van der Waals surface area contributed by atoms with E-state index in [1.165, 1.54) is 0 Å². The summed E-state index contributed by atoms with van der Waals surface area (Å²) in [7, 11) is 0. The van der Waals surface area contributed by atoms with Gasteiger partial charge in [0.25, 0.3) is 0 Å². The Morgan fingerprint density at radius 2 is 2.19 bits per heavy atom. The Kier molecular flexibility index (Phi) is 4.67. The Balaban J connectivity index is 2.11. The second-order valence-corrected chi connectivity index (χ2v) is 6.22. The molecular weight excluding hydrogens is 309 g/mol. The van der Waals surface area contributed by atoms with Crippen molar-refractivity contribution < 1.29 is 4.74 Å². The number of hydrogen-bond acceptors (Lipinski definition) is 3. The molecule has 0 N–H and O–H groups in total. The smallest absolute Gasteiger partial charge is 0.165 e. The Bertz CT molecular complexity index is 635. The van der Waals surface area contributed by atoms with Crippen molar-refractivity contribution in [2.45, 2.75) is 51.7 Å². The number of aromatic nitrogens is 3. The van der Waals surface area contributed by atoms with Crippen LogP contribution in [0.3, 0.4) is 0 Å². The number of pyridine rings is 1. The van der Waals surface area contributed by atoms with Crippen molar-refractivity contribution in [1.82, 2.24) is 14.5 Å². The summed E-state index contributed by atoms with van der Waals surface area (Å²) < 4.78 is 8.03. The first-order chi connectivity index (χ1) is 10.2. The van der Waals surface area contributed by atoms with Crippen molar-refractivity contribution in [3.8, 4) is 0 Å². The number of fused-ring (bicyclic) bond motifs is 1. The van der Waals surface area contributed by atoms with E-state index in [1.807, 2.05) is 0 Å². The quantitative estimate of drug-likeness (QED) is 0.758. The fourth-order valence-corrected chi connectivity index (χ4v) is 3.26. The topological polar surface area (TPSA) is 39.9 Å². The maximum absolute atomic E-state index is 6.28. The van der Waals surface area contributed by atoms with Gasteiger partial charge < -0.3 is 4.74 Å². The standard InChI is InChI=1S/C15H19Cl2N3O/c1-2-3-6-12-19-14-10(16)9-11(17)18-15(14)20(12)13-7-4-5-8-21-13/h9,13H,2-8H2,1H3. The van der Waals surface area contributed by atoms with Gasteiger partial charge in [-0.15, -0.1) is 0 Å². The predicted octanol–water partition coefficient (Wildman–Crippen LogP) is 4.78. The van der Waals surface area contributed by atoms with Crippen LogP contribution in [-0.4, -0.2) is 21.1 Å². The zero-order chi connectivity index (χ0) is 14.8. The Morgan fingerprint density at radius 1 is 1.33 bits per heavy atom. The average molecular weight is 328 g/mol. The first-order valence-electron chi connectivity index (χ1n) is 7.55. The summed E-state index contributed by atoms with van der Waals surface area (Å²) in [6.45, 7) is 2.96. The van der Waals surface area contributed by atoms with Gasteiger partial charge >= 0.3 is 0 Å². The van der Waals surface area contributed by atoms with Gasteiger partial charge in [-0.1, -0.05) is 36.5 Å². The molecule has 1 aliphatic rings. The molecule has 21 heavy (non-hydrogen) atoms. The SMILES string of the molecule is CCCCc1nc2c(Cl)cc(Cl)nc2n1C1CCCCO1. The average Bonchev–Trinajstić information content (AvgIpc) is 2.84. The normalized spacial score (nSPS) is 19.3. The van der Waals surface area contributed by atoms with Gasteiger partial charge in [-0.2, -0.15) is 0 Å². The molecule has 0 aromatic carbocycles. The zero-order valence-corrected chi connectivity index (χ0v) is 13.6. The van der Waals surface area contributed by atoms with Crippen LogP contribution in [0.4, 0.5) is 0 Å². The lowest BCUT2D eigenvalue weighted by Gasteiger charge is -2.25. The number of imidazole rings is 1. The third kappa shape index (κ3) is 3.03. The summed E-state index contributed by atoms with van der Waals surface area (Å²) in [4.78, 5) is 9.14. The van der Waals surface area contributed by atoms with Crippen molar-refractivity contribution in [2.75, 3.05) is 6.61 Å². The summed E-state index contributed by atoms with van der Waals surface area (Å²) in [5, 5.41) is 0.948. The highest BCUT2D eigenvalue weighted by molar-refractivity contribution is 6.37. The van der Waals surface area contributed by atoms with Crippen molar-refractivity contribution in [3.05, 3.63) is 22.1 Å². The molecule has 1 saturated heterocycles. The number of hydrogen-bond donors (Lipinski definition) is 0. The summed E-state index contributed by atoms with van der Waals surface area (Å²) in [5.41, 5.74) is 1.46. The number of rotatable bonds is 4. The number of nitrogens with zero attached hydrogens (tertiary/aromatic N) is 3. The number of ether oxygens (including phenoxy) is 1. The Morgan fingerprint density at radius 3 is 2.90 bits per heavy atom. The van der Waals surface area contributed by atoms with Crippen LogP contribution < -0.4 is 0 Å². The molecule has 2 aromatic rings. The molecule has 1 unspecified atom stereocenters. The molecule has 0 spiro atoms. The first kappa shape index (κ1) is 15.1. The van der Waals surface area contributed by atoms with Crippen LogP contribution >= 0.6 is 23.2 Å². The highest BCUT2D eigenvalue weighted by atomic mass is 35.5. The number of halogens is 2. The second kappa shape index (κ2) is 6.51. The number of unbranched alkanes of at least 4 members (excludes halogenated alkanes) is 1. The molecular formula is C15H19Cl2N3O. The van der Waals surface area contributed by atoms with E-state index in [1.54, 1.807) is 6.07 Å². The molecule has 3 heterocycles. The van der Waals surface area contributed by atoms with Gasteiger partial charge in [0.2, 0.25) is 0 Å². The van der Waals surface area contributed by atoms with E-state index in [-0.39, 0.29) is 6.23 Å². The minimum Gasteiger partial charge on any atom is -0.358 e. The van der Waals surface area contributed by atoms with E-state index >= 15 is 0 Å². The molecule has 0 radical (unpaired) electrons. The van der Waals surface area contributed by atoms with Gasteiger partial charge in [-0.3, -0.25) is 4.57 Å². The molecule has 6 heteroatoms. The van der Waals surface area contributed by atoms with E-state index in [0.717, 1.165) is 62.1 Å². The minimum atomic E-state index is -0.00219. The van der Waals surface area contributed by atoms with Crippen LogP contribution in [0.15, 0.2) is 6.07 Å². The van der Waals surface area contributed by atoms with E-state index < -0.39 is 0 Å². The van der Waals surface area contributed by atoms with Crippen LogP contribution in [0, 0.1) is 0 Å². The largest absolute Gasteiger partial charge is 0.358 e. The van der Waals surface area contributed by atoms with Gasteiger partial charge in [0.1, 0.15) is 22.7 Å². The van der Waals surface area contributed by atoms with Crippen LogP contribution in [0.2, 0.25) is 10.2 Å². The summed E-state index contributed by atoms with van der Waals surface area (Å²) in [5.74, 6) is 0.996. The molecule has 1 fully saturated rings. The monoisotopic (exact) mass is 327 g/mol. The Labute approximate surface area is 134 Å². The van der Waals surface area contributed by atoms with Crippen molar-refractivity contribution in [2.24, 2.45) is 0 Å². The van der Waals surface area contributed by atoms with Crippen LogP contribution in [0.1, 0.15) is 51.1 Å². The maximum Gasteiger partial charge on any atom is 0.165 e. The minimum absolute atomic E-state index is 0.00219. The number of aryl methyl sites for hydroxylation is 1. The van der Waals surface area contributed by atoms with Gasteiger partial charge in [-0.25, -0.2) is 9.97 Å². The van der Waals surface area contributed by atoms with Gasteiger partial charge in [0.05, 0.1) is 5.02 Å². The lowest BCUT2D eigenvalue weighted by atomic mass is 10.2. The van der Waals surface area contributed by atoms with Crippen molar-refractivity contribution in [3.63, 3.8) is 0 Å². The summed E-state index contributed by atoms with van der Waals surface area (Å²) in [6.07, 6.45) is 6.36. The third-order valence-electron chi connectivity index (χ3n) is 3.84. The molecule has 4 nitrogen and oxygen atoms in total. The first-order valence-corrected chi connectivity index (χ1v) is 8.30.